The number of nitrogens with zero attached hydrogens (tertiary/aromatic N) is 1. The number of rotatable bonds is 7. The monoisotopic (exact) mass is 325 g/mol. The zero-order chi connectivity index (χ0) is 17.6. The molecule has 2 amide bonds. The maximum absolute atomic E-state index is 12.2. The van der Waals surface area contributed by atoms with Gasteiger partial charge in [-0.3, -0.25) is 14.4 Å². The van der Waals surface area contributed by atoms with E-state index in [0.717, 1.165) is 0 Å². The molecule has 0 spiro atoms. The zero-order valence-corrected chi connectivity index (χ0v) is 12.4. The van der Waals surface area contributed by atoms with Crippen LogP contribution in [0.3, 0.4) is 0 Å². The minimum atomic E-state index is -1.27. The minimum absolute atomic E-state index is 0.180. The Kier molecular flexibility index (Phi) is 6.53. The average molecular weight is 325 g/mol. The highest BCUT2D eigenvalue weighted by Crippen LogP contribution is 2.19. The average Bonchev–Trinajstić information content (AvgIpc) is 2.94. The van der Waals surface area contributed by atoms with Gasteiger partial charge in [-0.05, 0) is 12.8 Å². The van der Waals surface area contributed by atoms with Gasteiger partial charge in [-0.25, -0.2) is 4.79 Å². The molecule has 1 fully saturated rings. The number of terminal acetylenes is 1. The van der Waals surface area contributed by atoms with Gasteiger partial charge in [-0.2, -0.15) is 0 Å². The summed E-state index contributed by atoms with van der Waals surface area (Å²) in [6, 6.07) is -3.36. The fraction of sp³-hybridized carbons (Fsp3) is 0.571. The van der Waals surface area contributed by atoms with Crippen LogP contribution in [0.25, 0.3) is 0 Å². The number of hydrogen-bond acceptors (Lipinski definition) is 5. The predicted molar refractivity (Wildman–Crippen MR) is 78.0 cm³/mol. The molecular formula is C14H19N3O6. The summed E-state index contributed by atoms with van der Waals surface area (Å²) < 4.78 is 0. The molecule has 9 nitrogen and oxygen atoms in total. The normalized spacial score (nSPS) is 19.5. The van der Waals surface area contributed by atoms with E-state index in [1.54, 1.807) is 0 Å². The van der Waals surface area contributed by atoms with Crippen molar-refractivity contribution < 1.29 is 29.4 Å². The Morgan fingerprint density at radius 1 is 1.35 bits per heavy atom. The summed E-state index contributed by atoms with van der Waals surface area (Å²) >= 11 is 0. The van der Waals surface area contributed by atoms with Crippen LogP contribution in [-0.2, 0) is 19.2 Å². The molecule has 0 bridgehead atoms. The second-order valence-electron chi connectivity index (χ2n) is 5.20. The van der Waals surface area contributed by atoms with Gasteiger partial charge in [-0.1, -0.05) is 0 Å². The number of likely N-dealkylation sites (tertiary alicyclic amines) is 1. The largest absolute Gasteiger partial charge is 0.481 e. The van der Waals surface area contributed by atoms with Crippen LogP contribution in [0.2, 0.25) is 0 Å². The van der Waals surface area contributed by atoms with Crippen molar-refractivity contribution in [2.45, 2.75) is 43.8 Å². The maximum atomic E-state index is 12.2. The summed E-state index contributed by atoms with van der Waals surface area (Å²) in [6.45, 7) is 0.261. The van der Waals surface area contributed by atoms with Gasteiger partial charge in [-0.15, -0.1) is 12.3 Å². The molecule has 0 aromatic heterocycles. The summed E-state index contributed by atoms with van der Waals surface area (Å²) in [7, 11) is 0. The first-order valence-corrected chi connectivity index (χ1v) is 7.02. The lowest BCUT2D eigenvalue weighted by molar-refractivity contribution is -0.145. The van der Waals surface area contributed by atoms with Gasteiger partial charge in [0.05, 0.1) is 12.5 Å². The molecule has 23 heavy (non-hydrogen) atoms. The van der Waals surface area contributed by atoms with E-state index in [1.165, 1.54) is 4.90 Å². The number of amides is 2. The van der Waals surface area contributed by atoms with Gasteiger partial charge < -0.3 is 26.2 Å². The fourth-order valence-electron chi connectivity index (χ4n) is 2.38. The van der Waals surface area contributed by atoms with E-state index in [1.807, 2.05) is 0 Å². The van der Waals surface area contributed by atoms with Crippen LogP contribution < -0.4 is 11.1 Å². The van der Waals surface area contributed by atoms with Crippen LogP contribution in [0.1, 0.15) is 25.7 Å². The van der Waals surface area contributed by atoms with Crippen LogP contribution >= 0.6 is 0 Å². The molecule has 1 aliphatic rings. The Balaban J connectivity index is 2.76. The van der Waals surface area contributed by atoms with Crippen LogP contribution in [0.15, 0.2) is 0 Å². The van der Waals surface area contributed by atoms with Crippen molar-refractivity contribution >= 4 is 23.8 Å². The second kappa shape index (κ2) is 8.14. The van der Waals surface area contributed by atoms with Crippen molar-refractivity contribution in [3.8, 4) is 12.3 Å². The molecule has 5 N–H and O–H groups in total. The van der Waals surface area contributed by atoms with Crippen LogP contribution in [0.4, 0.5) is 0 Å². The summed E-state index contributed by atoms with van der Waals surface area (Å²) in [5.74, 6) is -1.61. The van der Waals surface area contributed by atoms with Crippen LogP contribution in [0, 0.1) is 12.3 Å². The van der Waals surface area contributed by atoms with E-state index in [-0.39, 0.29) is 13.0 Å². The first-order chi connectivity index (χ1) is 10.8. The van der Waals surface area contributed by atoms with Crippen LogP contribution in [0.5, 0.6) is 0 Å². The lowest BCUT2D eigenvalue weighted by atomic mass is 10.1. The van der Waals surface area contributed by atoms with E-state index in [2.05, 4.69) is 11.2 Å². The first kappa shape index (κ1) is 18.4. The highest BCUT2D eigenvalue weighted by atomic mass is 16.4. The Morgan fingerprint density at radius 2 is 2.00 bits per heavy atom. The van der Waals surface area contributed by atoms with Gasteiger partial charge in [0.15, 0.2) is 0 Å². The van der Waals surface area contributed by atoms with Crippen molar-refractivity contribution in [1.29, 1.82) is 0 Å². The summed E-state index contributed by atoms with van der Waals surface area (Å²) in [5, 5.41) is 19.9. The molecule has 0 radical (unpaired) electrons. The van der Waals surface area contributed by atoms with Gasteiger partial charge in [0.1, 0.15) is 12.1 Å². The van der Waals surface area contributed by atoms with E-state index in [9.17, 15) is 19.2 Å². The van der Waals surface area contributed by atoms with Gasteiger partial charge in [0, 0.05) is 13.0 Å². The number of carbonyl (C=O) groups excluding carboxylic acids is 2. The molecule has 0 saturated carbocycles. The first-order valence-electron chi connectivity index (χ1n) is 7.02. The third kappa shape index (κ3) is 4.96. The molecule has 9 heteroatoms. The number of carboxylic acids is 2. The van der Waals surface area contributed by atoms with Crippen molar-refractivity contribution in [2.24, 2.45) is 5.73 Å². The quantitative estimate of drug-likeness (QED) is 0.410. The molecule has 0 unspecified atom stereocenters. The molecule has 0 aliphatic carbocycles. The van der Waals surface area contributed by atoms with Crippen molar-refractivity contribution in [3.63, 3.8) is 0 Å². The Bertz CT molecular complexity index is 541. The lowest BCUT2D eigenvalue weighted by Gasteiger charge is -2.27. The minimum Gasteiger partial charge on any atom is -0.481 e. The van der Waals surface area contributed by atoms with Crippen molar-refractivity contribution in [2.75, 3.05) is 6.54 Å². The Hall–Kier alpha value is -2.60. The number of aliphatic carboxylic acids is 2. The van der Waals surface area contributed by atoms with E-state index in [4.69, 9.17) is 22.4 Å². The highest BCUT2D eigenvalue weighted by Gasteiger charge is 2.37. The maximum Gasteiger partial charge on any atom is 0.327 e. The zero-order valence-electron chi connectivity index (χ0n) is 12.4. The summed E-state index contributed by atoms with van der Waals surface area (Å²) in [4.78, 5) is 47.2. The molecule has 1 aliphatic heterocycles. The molecule has 1 rings (SSSR count). The topological polar surface area (TPSA) is 150 Å². The third-order valence-electron chi connectivity index (χ3n) is 3.49. The number of carboxylic acid groups (broad SMARTS) is 2. The van der Waals surface area contributed by atoms with Gasteiger partial charge >= 0.3 is 11.9 Å². The SMILES string of the molecule is C#CC[C@H](NC(=O)[C@@H]1CCCN1C(=O)[C@@H](N)CC(=O)O)C(=O)O. The fourth-order valence-corrected chi connectivity index (χ4v) is 2.38. The molecule has 3 atom stereocenters. The smallest absolute Gasteiger partial charge is 0.327 e. The van der Waals surface area contributed by atoms with Gasteiger partial charge in [0.25, 0.3) is 0 Å². The number of hydrogen-bond donors (Lipinski definition) is 4. The number of nitrogens with two attached hydrogens (primary N) is 1. The standard InChI is InChI=1S/C14H19N3O6/c1-2-4-9(14(22)23)16-12(20)10-5-3-6-17(10)13(21)8(15)7-11(18)19/h1,8-10H,3-7,15H2,(H,16,20)(H,18,19)(H,22,23)/t8-,9-,10-/m0/s1. The number of carbonyl (C=O) groups is 4. The number of nitrogens with one attached hydrogen (secondary N) is 1. The molecular weight excluding hydrogens is 306 g/mol. The van der Waals surface area contributed by atoms with E-state index < -0.39 is 48.3 Å². The molecule has 1 saturated heterocycles. The Labute approximate surface area is 132 Å². The van der Waals surface area contributed by atoms with Gasteiger partial charge in [0.2, 0.25) is 11.8 Å². The molecule has 0 aromatic rings. The lowest BCUT2D eigenvalue weighted by Crippen LogP contribution is -2.54. The third-order valence-corrected chi connectivity index (χ3v) is 3.49. The molecule has 126 valence electrons. The van der Waals surface area contributed by atoms with E-state index >= 15 is 0 Å². The Morgan fingerprint density at radius 3 is 2.52 bits per heavy atom. The predicted octanol–water partition coefficient (Wildman–Crippen LogP) is -1.63. The van der Waals surface area contributed by atoms with Crippen molar-refractivity contribution in [1.82, 2.24) is 10.2 Å². The molecule has 1 heterocycles. The van der Waals surface area contributed by atoms with Crippen molar-refractivity contribution in [3.05, 3.63) is 0 Å². The molecule has 0 aromatic carbocycles. The van der Waals surface area contributed by atoms with Crippen LogP contribution in [-0.4, -0.2) is 63.5 Å². The van der Waals surface area contributed by atoms with E-state index in [0.29, 0.717) is 12.8 Å². The summed E-state index contributed by atoms with van der Waals surface area (Å²) in [6.07, 6.45) is 5.22. The second-order valence-corrected chi connectivity index (χ2v) is 5.20. The highest BCUT2D eigenvalue weighted by molar-refractivity contribution is 5.93. The summed E-state index contributed by atoms with van der Waals surface area (Å²) in [5.41, 5.74) is 5.53.